The van der Waals surface area contributed by atoms with Gasteiger partial charge in [0, 0.05) is 5.69 Å². The summed E-state index contributed by atoms with van der Waals surface area (Å²) in [5.41, 5.74) is 3.11. The molecule has 0 atom stereocenters. The van der Waals surface area contributed by atoms with Gasteiger partial charge in [-0.25, -0.2) is 0 Å². The van der Waals surface area contributed by atoms with Crippen LogP contribution in [0.2, 0.25) is 0 Å². The summed E-state index contributed by atoms with van der Waals surface area (Å²) >= 11 is 0. The topological polar surface area (TPSA) is 49.3 Å². The van der Waals surface area contributed by atoms with E-state index in [2.05, 4.69) is 5.32 Å². The van der Waals surface area contributed by atoms with Crippen LogP contribution in [-0.2, 0) is 10.2 Å². The number of anilines is 1. The lowest BCUT2D eigenvalue weighted by atomic mass is 9.94. The Kier molecular flexibility index (Phi) is 3.20. The second kappa shape index (κ2) is 4.92. The first-order valence-electron chi connectivity index (χ1n) is 7.20. The minimum absolute atomic E-state index is 0.0434. The molecule has 0 bridgehead atoms. The number of nitrogens with one attached hydrogen (secondary N) is 1. The summed E-state index contributed by atoms with van der Waals surface area (Å²) in [6, 6.07) is 13.4. The third-order valence-electron chi connectivity index (χ3n) is 4.30. The highest BCUT2D eigenvalue weighted by molar-refractivity contribution is 6.02. The Bertz CT molecular complexity index is 688. The molecule has 1 saturated carbocycles. The molecule has 0 saturated heterocycles. The van der Waals surface area contributed by atoms with E-state index in [4.69, 9.17) is 0 Å². The van der Waals surface area contributed by atoms with E-state index in [-0.39, 0.29) is 17.1 Å². The van der Waals surface area contributed by atoms with Crippen molar-refractivity contribution in [3.05, 3.63) is 59.2 Å². The van der Waals surface area contributed by atoms with Crippen molar-refractivity contribution < 1.29 is 9.90 Å². The third kappa shape index (κ3) is 2.40. The van der Waals surface area contributed by atoms with Crippen molar-refractivity contribution in [2.24, 2.45) is 0 Å². The number of carbonyl (C=O) groups excluding carboxylic acids is 1. The Morgan fingerprint density at radius 2 is 1.76 bits per heavy atom. The van der Waals surface area contributed by atoms with Gasteiger partial charge in [0.25, 0.3) is 0 Å². The van der Waals surface area contributed by atoms with Crippen molar-refractivity contribution in [2.45, 2.75) is 32.1 Å². The second-order valence-corrected chi connectivity index (χ2v) is 5.86. The van der Waals surface area contributed by atoms with E-state index in [0.717, 1.165) is 35.2 Å². The minimum atomic E-state index is -0.376. The number of aryl methyl sites for hydroxylation is 2. The van der Waals surface area contributed by atoms with E-state index in [1.54, 1.807) is 6.07 Å². The number of aromatic hydroxyl groups is 1. The summed E-state index contributed by atoms with van der Waals surface area (Å²) < 4.78 is 0. The SMILES string of the molecule is Cc1cc(NC(=O)C2(c3ccccc3)CC2)c(C)cc1O. The average molecular weight is 281 g/mol. The zero-order valence-electron chi connectivity index (χ0n) is 12.3. The lowest BCUT2D eigenvalue weighted by Gasteiger charge is -2.17. The molecule has 0 heterocycles. The van der Waals surface area contributed by atoms with Gasteiger partial charge in [-0.15, -0.1) is 0 Å². The normalized spacial score (nSPS) is 15.5. The minimum Gasteiger partial charge on any atom is -0.508 e. The number of phenolic OH excluding ortho intramolecular Hbond substituents is 1. The van der Waals surface area contributed by atoms with Crippen molar-refractivity contribution in [3.8, 4) is 5.75 Å². The zero-order valence-corrected chi connectivity index (χ0v) is 12.3. The first kappa shape index (κ1) is 13.7. The van der Waals surface area contributed by atoms with E-state index in [1.807, 2.05) is 50.2 Å². The quantitative estimate of drug-likeness (QED) is 0.843. The lowest BCUT2D eigenvalue weighted by molar-refractivity contribution is -0.118. The number of rotatable bonds is 3. The number of hydrogen-bond donors (Lipinski definition) is 2. The maximum absolute atomic E-state index is 12.7. The highest BCUT2D eigenvalue weighted by Gasteiger charge is 2.51. The van der Waals surface area contributed by atoms with Gasteiger partial charge in [-0.1, -0.05) is 30.3 Å². The van der Waals surface area contributed by atoms with Gasteiger partial charge in [0.15, 0.2) is 0 Å². The van der Waals surface area contributed by atoms with Crippen LogP contribution in [0, 0.1) is 13.8 Å². The van der Waals surface area contributed by atoms with Gasteiger partial charge in [-0.2, -0.15) is 0 Å². The van der Waals surface area contributed by atoms with E-state index in [1.165, 1.54) is 0 Å². The van der Waals surface area contributed by atoms with Crippen LogP contribution in [0.3, 0.4) is 0 Å². The monoisotopic (exact) mass is 281 g/mol. The third-order valence-corrected chi connectivity index (χ3v) is 4.30. The molecule has 21 heavy (non-hydrogen) atoms. The number of hydrogen-bond acceptors (Lipinski definition) is 2. The Morgan fingerprint density at radius 3 is 2.38 bits per heavy atom. The van der Waals surface area contributed by atoms with Gasteiger partial charge in [-0.05, 0) is 55.5 Å². The van der Waals surface area contributed by atoms with Gasteiger partial charge >= 0.3 is 0 Å². The van der Waals surface area contributed by atoms with E-state index in [0.29, 0.717) is 0 Å². The first-order chi connectivity index (χ1) is 10.0. The second-order valence-electron chi connectivity index (χ2n) is 5.86. The number of carbonyl (C=O) groups is 1. The zero-order chi connectivity index (χ0) is 15.0. The highest BCUT2D eigenvalue weighted by atomic mass is 16.3. The molecule has 3 nitrogen and oxygen atoms in total. The standard InChI is InChI=1S/C18H19NO2/c1-12-11-16(20)13(2)10-15(12)19-17(21)18(8-9-18)14-6-4-3-5-7-14/h3-7,10-11,20H,8-9H2,1-2H3,(H,19,21). The largest absolute Gasteiger partial charge is 0.508 e. The summed E-state index contributed by atoms with van der Waals surface area (Å²) in [5, 5.41) is 12.7. The van der Waals surface area contributed by atoms with Crippen LogP contribution in [0.15, 0.2) is 42.5 Å². The number of phenols is 1. The Morgan fingerprint density at radius 1 is 1.10 bits per heavy atom. The molecule has 0 radical (unpaired) electrons. The van der Waals surface area contributed by atoms with Crippen LogP contribution in [0.1, 0.15) is 29.5 Å². The first-order valence-corrected chi connectivity index (χ1v) is 7.20. The fourth-order valence-electron chi connectivity index (χ4n) is 2.71. The van der Waals surface area contributed by atoms with Crippen LogP contribution in [0.4, 0.5) is 5.69 Å². The molecule has 2 aromatic rings. The Labute approximate surface area is 124 Å². The van der Waals surface area contributed by atoms with Crippen molar-refractivity contribution in [3.63, 3.8) is 0 Å². The van der Waals surface area contributed by atoms with Gasteiger partial charge < -0.3 is 10.4 Å². The van der Waals surface area contributed by atoms with Crippen LogP contribution < -0.4 is 5.32 Å². The lowest BCUT2D eigenvalue weighted by Crippen LogP contribution is -2.28. The molecule has 108 valence electrons. The summed E-state index contributed by atoms with van der Waals surface area (Å²) in [6.07, 6.45) is 1.78. The van der Waals surface area contributed by atoms with Crippen molar-refractivity contribution in [2.75, 3.05) is 5.32 Å². The Hall–Kier alpha value is -2.29. The van der Waals surface area contributed by atoms with Crippen LogP contribution in [0.25, 0.3) is 0 Å². The Balaban J connectivity index is 1.86. The van der Waals surface area contributed by atoms with Gasteiger partial charge in [0.1, 0.15) is 5.75 Å². The van der Waals surface area contributed by atoms with Crippen molar-refractivity contribution in [1.82, 2.24) is 0 Å². The molecule has 1 aliphatic carbocycles. The molecule has 0 aromatic heterocycles. The van der Waals surface area contributed by atoms with E-state index < -0.39 is 0 Å². The number of amides is 1. The molecule has 0 spiro atoms. The van der Waals surface area contributed by atoms with Crippen LogP contribution in [0.5, 0.6) is 5.75 Å². The molecule has 1 aliphatic rings. The fraction of sp³-hybridized carbons (Fsp3) is 0.278. The number of benzene rings is 2. The molecule has 3 heteroatoms. The summed E-state index contributed by atoms with van der Waals surface area (Å²) in [7, 11) is 0. The van der Waals surface area contributed by atoms with E-state index >= 15 is 0 Å². The highest BCUT2D eigenvalue weighted by Crippen LogP contribution is 2.49. The maximum atomic E-state index is 12.7. The predicted molar refractivity (Wildman–Crippen MR) is 83.6 cm³/mol. The molecule has 0 aliphatic heterocycles. The molecular formula is C18H19NO2. The maximum Gasteiger partial charge on any atom is 0.235 e. The van der Waals surface area contributed by atoms with E-state index in [9.17, 15) is 9.90 Å². The van der Waals surface area contributed by atoms with Crippen LogP contribution >= 0.6 is 0 Å². The molecule has 1 amide bonds. The summed E-state index contributed by atoms with van der Waals surface area (Å²) in [6.45, 7) is 3.71. The summed E-state index contributed by atoms with van der Waals surface area (Å²) in [4.78, 5) is 12.7. The van der Waals surface area contributed by atoms with Crippen LogP contribution in [-0.4, -0.2) is 11.0 Å². The average Bonchev–Trinajstić information content (AvgIpc) is 3.27. The molecule has 3 rings (SSSR count). The van der Waals surface area contributed by atoms with Gasteiger partial charge in [0.2, 0.25) is 5.91 Å². The molecule has 1 fully saturated rings. The smallest absolute Gasteiger partial charge is 0.235 e. The molecule has 0 unspecified atom stereocenters. The van der Waals surface area contributed by atoms with Gasteiger partial charge in [0.05, 0.1) is 5.41 Å². The molecule has 2 N–H and O–H groups in total. The van der Waals surface area contributed by atoms with Gasteiger partial charge in [-0.3, -0.25) is 4.79 Å². The van der Waals surface area contributed by atoms with Crippen molar-refractivity contribution >= 4 is 11.6 Å². The molecule has 2 aromatic carbocycles. The molecular weight excluding hydrogens is 262 g/mol. The fourth-order valence-corrected chi connectivity index (χ4v) is 2.71. The summed E-state index contributed by atoms with van der Waals surface area (Å²) in [5.74, 6) is 0.302. The predicted octanol–water partition coefficient (Wildman–Crippen LogP) is 3.68. The van der Waals surface area contributed by atoms with Crippen molar-refractivity contribution in [1.29, 1.82) is 0 Å².